The van der Waals surface area contributed by atoms with Gasteiger partial charge in [-0.25, -0.2) is 5.01 Å². The summed E-state index contributed by atoms with van der Waals surface area (Å²) in [6.45, 7) is 0.0638. The van der Waals surface area contributed by atoms with Gasteiger partial charge in [-0.3, -0.25) is 9.59 Å². The number of nitrogens with zero attached hydrogens (tertiary/aromatic N) is 5. The Kier molecular flexibility index (Phi) is 9.39. The minimum atomic E-state index is -0.358. The highest BCUT2D eigenvalue weighted by Crippen LogP contribution is 2.42. The summed E-state index contributed by atoms with van der Waals surface area (Å²) in [7, 11) is 4.97. The van der Waals surface area contributed by atoms with Crippen LogP contribution in [0.3, 0.4) is 0 Å². The number of thioether (sulfide) groups is 1. The summed E-state index contributed by atoms with van der Waals surface area (Å²) in [6, 6.07) is 18.4. The van der Waals surface area contributed by atoms with Crippen LogP contribution in [-0.2, 0) is 23.2 Å². The Morgan fingerprint density at radius 1 is 1.05 bits per heavy atom. The maximum atomic E-state index is 13.6. The topological polar surface area (TPSA) is 120 Å². The Hall–Kier alpha value is -4.36. The van der Waals surface area contributed by atoms with Crippen molar-refractivity contribution in [2.24, 2.45) is 12.1 Å². The number of carbonyl (C=O) groups is 2. The maximum absolute atomic E-state index is 13.6. The van der Waals surface area contributed by atoms with Crippen molar-refractivity contribution in [1.82, 2.24) is 25.1 Å². The summed E-state index contributed by atoms with van der Waals surface area (Å²) in [5.74, 6) is 1.96. The number of hydrogen-bond acceptors (Lipinski definition) is 10. The average molecular weight is 607 g/mol. The zero-order valence-corrected chi connectivity index (χ0v) is 25.0. The molecule has 13 heteroatoms. The number of ether oxygens (including phenoxy) is 3. The Morgan fingerprint density at radius 3 is 2.62 bits per heavy atom. The zero-order valence-electron chi connectivity index (χ0n) is 23.4. The fourth-order valence-electron chi connectivity index (χ4n) is 4.46. The molecule has 3 heterocycles. The number of hydrazone groups is 1. The lowest BCUT2D eigenvalue weighted by atomic mass is 9.99. The number of benzene rings is 2. The van der Waals surface area contributed by atoms with Gasteiger partial charge >= 0.3 is 0 Å². The van der Waals surface area contributed by atoms with Crippen molar-refractivity contribution < 1.29 is 23.8 Å². The number of methoxy groups -OCH3 is 2. The van der Waals surface area contributed by atoms with Crippen molar-refractivity contribution in [3.05, 3.63) is 82.3 Å². The molecule has 2 amide bonds. The van der Waals surface area contributed by atoms with Crippen molar-refractivity contribution >= 4 is 40.6 Å². The van der Waals surface area contributed by atoms with E-state index in [1.807, 2.05) is 53.9 Å². The predicted octanol–water partition coefficient (Wildman–Crippen LogP) is 4.06. The summed E-state index contributed by atoms with van der Waals surface area (Å²) in [4.78, 5) is 26.8. The van der Waals surface area contributed by atoms with Crippen molar-refractivity contribution in [3.8, 4) is 17.2 Å². The van der Waals surface area contributed by atoms with E-state index in [9.17, 15) is 9.59 Å². The largest absolute Gasteiger partial charge is 0.493 e. The molecule has 1 aliphatic rings. The van der Waals surface area contributed by atoms with Gasteiger partial charge in [0.2, 0.25) is 0 Å². The van der Waals surface area contributed by atoms with Gasteiger partial charge in [-0.2, -0.15) is 5.10 Å². The zero-order chi connectivity index (χ0) is 29.5. The lowest BCUT2D eigenvalue weighted by Gasteiger charge is -2.24. The van der Waals surface area contributed by atoms with Crippen LogP contribution >= 0.6 is 23.1 Å². The number of aromatic nitrogens is 3. The summed E-state index contributed by atoms with van der Waals surface area (Å²) < 4.78 is 18.4. The fourth-order valence-corrected chi connectivity index (χ4v) is 5.96. The molecule has 2 aromatic heterocycles. The Morgan fingerprint density at radius 2 is 1.88 bits per heavy atom. The van der Waals surface area contributed by atoms with E-state index < -0.39 is 0 Å². The molecule has 0 unspecified atom stereocenters. The third-order valence-corrected chi connectivity index (χ3v) is 8.49. The smallest absolute Gasteiger partial charge is 0.258 e. The van der Waals surface area contributed by atoms with Crippen LogP contribution < -0.4 is 19.5 Å². The number of carbonyl (C=O) groups excluding carboxylic acids is 2. The molecule has 0 saturated carbocycles. The molecular weight excluding hydrogens is 576 g/mol. The normalized spacial score (nSPS) is 14.4. The fraction of sp³-hybridized carbons (Fsp3) is 0.276. The minimum Gasteiger partial charge on any atom is -0.493 e. The van der Waals surface area contributed by atoms with Crippen LogP contribution in [0.4, 0.5) is 0 Å². The van der Waals surface area contributed by atoms with Crippen molar-refractivity contribution in [1.29, 1.82) is 0 Å². The molecule has 0 saturated heterocycles. The molecule has 4 aromatic rings. The maximum Gasteiger partial charge on any atom is 0.258 e. The highest BCUT2D eigenvalue weighted by molar-refractivity contribution is 7.99. The van der Waals surface area contributed by atoms with Crippen LogP contribution in [0.15, 0.2) is 76.3 Å². The highest BCUT2D eigenvalue weighted by Gasteiger charge is 2.36. The third-order valence-electron chi connectivity index (χ3n) is 6.57. The predicted molar refractivity (Wildman–Crippen MR) is 160 cm³/mol. The number of amides is 2. The molecule has 1 N–H and O–H groups in total. The Labute approximate surface area is 251 Å². The van der Waals surface area contributed by atoms with Crippen LogP contribution in [0.25, 0.3) is 0 Å². The van der Waals surface area contributed by atoms with Crippen LogP contribution in [0, 0.1) is 0 Å². The lowest BCUT2D eigenvalue weighted by molar-refractivity contribution is -0.130. The van der Waals surface area contributed by atoms with Crippen molar-refractivity contribution in [2.75, 3.05) is 26.6 Å². The molecule has 5 rings (SSSR count). The van der Waals surface area contributed by atoms with Crippen LogP contribution in [0.2, 0.25) is 0 Å². The minimum absolute atomic E-state index is 0.0905. The molecule has 1 atom stereocenters. The van der Waals surface area contributed by atoms with Gasteiger partial charge in [-0.05, 0) is 29.6 Å². The van der Waals surface area contributed by atoms with E-state index in [-0.39, 0.29) is 36.8 Å². The molecule has 2 aromatic carbocycles. The molecule has 0 spiro atoms. The number of thiophene rings is 1. The monoisotopic (exact) mass is 606 g/mol. The van der Waals surface area contributed by atoms with E-state index >= 15 is 0 Å². The summed E-state index contributed by atoms with van der Waals surface area (Å²) >= 11 is 2.84. The standard InChI is InChI=1S/C29H30N6O5S2/c1-34-25(16-30-26(36)17-40-19-9-5-4-6-10-19)31-32-29(34)42-18-27(37)35-22(15-21(33-35)24-13-8-14-41-24)20-11-7-12-23(38-2)28(20)39-3/h4-14,22H,15-18H2,1-3H3,(H,30,36)/t22-/m0/s1. The number of para-hydroxylation sites is 2. The Bertz CT molecular complexity index is 1560. The van der Waals surface area contributed by atoms with Crippen molar-refractivity contribution in [3.63, 3.8) is 0 Å². The molecule has 0 radical (unpaired) electrons. The molecule has 218 valence electrons. The molecule has 0 aliphatic carbocycles. The second kappa shape index (κ2) is 13.5. The molecule has 0 bridgehead atoms. The van der Waals surface area contributed by atoms with Gasteiger partial charge in [0.25, 0.3) is 11.8 Å². The first kappa shape index (κ1) is 29.1. The molecule has 0 fully saturated rings. The van der Waals surface area contributed by atoms with Gasteiger partial charge < -0.3 is 24.1 Å². The van der Waals surface area contributed by atoms with Gasteiger partial charge in [0.15, 0.2) is 29.1 Å². The second-order valence-corrected chi connectivity index (χ2v) is 11.1. The average Bonchev–Trinajstić information content (AvgIpc) is 3.78. The molecule has 42 heavy (non-hydrogen) atoms. The van der Waals surface area contributed by atoms with E-state index in [1.165, 1.54) is 16.8 Å². The second-order valence-electron chi connectivity index (χ2n) is 9.19. The van der Waals surface area contributed by atoms with Crippen LogP contribution in [0.5, 0.6) is 17.2 Å². The first-order chi connectivity index (χ1) is 20.5. The molecule has 11 nitrogen and oxygen atoms in total. The highest BCUT2D eigenvalue weighted by atomic mass is 32.2. The van der Waals surface area contributed by atoms with Gasteiger partial charge in [-0.1, -0.05) is 48.2 Å². The number of hydrogen-bond donors (Lipinski definition) is 1. The number of nitrogens with one attached hydrogen (secondary N) is 1. The first-order valence-electron chi connectivity index (χ1n) is 13.1. The third kappa shape index (κ3) is 6.58. The quantitative estimate of drug-likeness (QED) is 0.240. The van der Waals surface area contributed by atoms with Gasteiger partial charge in [-0.15, -0.1) is 21.5 Å². The molecular formula is C29H30N6O5S2. The van der Waals surface area contributed by atoms with E-state index in [2.05, 4.69) is 15.5 Å². The molecule has 1 aliphatic heterocycles. The SMILES string of the molecule is COc1cccc([C@@H]2CC(c3cccs3)=NN2C(=O)CSc2nnc(CNC(=O)COc3ccccc3)n2C)c1OC. The van der Waals surface area contributed by atoms with Gasteiger partial charge in [0.05, 0.1) is 43.1 Å². The van der Waals surface area contributed by atoms with Gasteiger partial charge in [0, 0.05) is 19.0 Å². The van der Waals surface area contributed by atoms with Crippen LogP contribution in [-0.4, -0.2) is 63.9 Å². The van der Waals surface area contributed by atoms with Crippen LogP contribution in [0.1, 0.15) is 28.7 Å². The van der Waals surface area contributed by atoms with E-state index in [4.69, 9.17) is 19.3 Å². The van der Waals surface area contributed by atoms with E-state index in [0.717, 1.165) is 16.2 Å². The number of rotatable bonds is 12. The Balaban J connectivity index is 1.24. The summed E-state index contributed by atoms with van der Waals surface area (Å²) in [5, 5.41) is 20.0. The first-order valence-corrected chi connectivity index (χ1v) is 14.9. The lowest BCUT2D eigenvalue weighted by Crippen LogP contribution is -2.29. The van der Waals surface area contributed by atoms with E-state index in [1.54, 1.807) is 49.3 Å². The summed E-state index contributed by atoms with van der Waals surface area (Å²) in [5.41, 5.74) is 1.66. The van der Waals surface area contributed by atoms with E-state index in [0.29, 0.717) is 34.7 Å². The summed E-state index contributed by atoms with van der Waals surface area (Å²) in [6.07, 6.45) is 0.544. The van der Waals surface area contributed by atoms with Gasteiger partial charge in [0.1, 0.15) is 5.75 Å². The van der Waals surface area contributed by atoms with Crippen molar-refractivity contribution in [2.45, 2.75) is 24.2 Å².